The van der Waals surface area contributed by atoms with Crippen molar-refractivity contribution < 1.29 is 8.42 Å². The second-order valence-corrected chi connectivity index (χ2v) is 7.94. The van der Waals surface area contributed by atoms with Crippen LogP contribution in [0.2, 0.25) is 0 Å². The molecule has 1 aromatic carbocycles. The molecule has 1 aliphatic rings. The molecule has 1 heterocycles. The van der Waals surface area contributed by atoms with E-state index in [1.165, 1.54) is 0 Å². The van der Waals surface area contributed by atoms with Crippen LogP contribution in [0.5, 0.6) is 0 Å². The van der Waals surface area contributed by atoms with Gasteiger partial charge in [0.15, 0.2) is 0 Å². The van der Waals surface area contributed by atoms with Gasteiger partial charge in [0, 0.05) is 18.6 Å². The van der Waals surface area contributed by atoms with E-state index in [-0.39, 0.29) is 17.8 Å². The fourth-order valence-corrected chi connectivity index (χ4v) is 5.32. The van der Waals surface area contributed by atoms with Gasteiger partial charge < -0.3 is 5.32 Å². The lowest BCUT2D eigenvalue weighted by Gasteiger charge is -2.37. The fourth-order valence-electron chi connectivity index (χ4n) is 3.26. The highest BCUT2D eigenvalue weighted by atomic mass is 32.2. The molecule has 1 saturated heterocycles. The maximum atomic E-state index is 12.8. The van der Waals surface area contributed by atoms with Crippen LogP contribution in [0.25, 0.3) is 0 Å². The van der Waals surface area contributed by atoms with E-state index in [4.69, 9.17) is 0 Å². The molecule has 1 N–H and O–H groups in total. The van der Waals surface area contributed by atoms with Gasteiger partial charge >= 0.3 is 0 Å². The minimum Gasteiger partial charge on any atom is -0.316 e. The zero-order valence-electron chi connectivity index (χ0n) is 13.2. The molecule has 4 nitrogen and oxygen atoms in total. The van der Waals surface area contributed by atoms with Gasteiger partial charge in [-0.2, -0.15) is 4.31 Å². The first-order chi connectivity index (χ1) is 9.94. The Kier molecular flexibility index (Phi) is 5.41. The van der Waals surface area contributed by atoms with Gasteiger partial charge in [-0.1, -0.05) is 30.7 Å². The number of rotatable bonds is 5. The van der Waals surface area contributed by atoms with Crippen LogP contribution in [0.15, 0.2) is 24.3 Å². The molecule has 0 aromatic heterocycles. The van der Waals surface area contributed by atoms with E-state index >= 15 is 0 Å². The lowest BCUT2D eigenvalue weighted by Crippen LogP contribution is -2.47. The zero-order valence-corrected chi connectivity index (χ0v) is 14.0. The number of nitrogens with one attached hydrogen (secondary N) is 1. The van der Waals surface area contributed by atoms with Crippen molar-refractivity contribution >= 4 is 10.0 Å². The van der Waals surface area contributed by atoms with Gasteiger partial charge in [-0.3, -0.25) is 0 Å². The van der Waals surface area contributed by atoms with E-state index in [0.29, 0.717) is 0 Å². The third-order valence-corrected chi connectivity index (χ3v) is 6.22. The summed E-state index contributed by atoms with van der Waals surface area (Å²) < 4.78 is 27.2. The van der Waals surface area contributed by atoms with Crippen molar-refractivity contribution in [1.29, 1.82) is 0 Å². The summed E-state index contributed by atoms with van der Waals surface area (Å²) in [6.45, 7) is 4.79. The van der Waals surface area contributed by atoms with Crippen LogP contribution in [0.3, 0.4) is 0 Å². The summed E-state index contributed by atoms with van der Waals surface area (Å²) in [6, 6.07) is 8.04. The molecule has 0 spiro atoms. The first-order valence-electron chi connectivity index (χ1n) is 7.67. The minimum absolute atomic E-state index is 0.0965. The Hall–Kier alpha value is -0.910. The summed E-state index contributed by atoms with van der Waals surface area (Å²) in [7, 11) is -1.36. The maximum Gasteiger partial charge on any atom is 0.218 e. The Bertz CT molecular complexity index is 561. The lowest BCUT2D eigenvalue weighted by atomic mass is 10.0. The van der Waals surface area contributed by atoms with Gasteiger partial charge in [0.05, 0.1) is 5.75 Å². The highest BCUT2D eigenvalue weighted by Gasteiger charge is 2.34. The summed E-state index contributed by atoms with van der Waals surface area (Å²) in [5.74, 6) is 0.0965. The first kappa shape index (κ1) is 16.5. The quantitative estimate of drug-likeness (QED) is 0.909. The van der Waals surface area contributed by atoms with Crippen LogP contribution < -0.4 is 5.32 Å². The van der Waals surface area contributed by atoms with Gasteiger partial charge in [-0.15, -0.1) is 0 Å². The van der Waals surface area contributed by atoms with E-state index in [0.717, 1.165) is 36.9 Å². The monoisotopic (exact) mass is 310 g/mol. The fraction of sp³-hybridized carbons (Fsp3) is 0.625. The smallest absolute Gasteiger partial charge is 0.218 e. The molecule has 0 amide bonds. The normalized spacial score (nSPS) is 24.1. The molecular weight excluding hydrogens is 284 g/mol. The summed E-state index contributed by atoms with van der Waals surface area (Å²) in [5, 5.41) is 3.09. The second kappa shape index (κ2) is 6.90. The van der Waals surface area contributed by atoms with E-state index in [1.54, 1.807) is 4.31 Å². The first-order valence-corrected chi connectivity index (χ1v) is 9.28. The SMILES string of the molecule is CNCc1cccc(CS(=O)(=O)N2[C@H](C)CCC[C@@H]2C)c1. The summed E-state index contributed by atoms with van der Waals surface area (Å²) in [5.41, 5.74) is 1.98. The van der Waals surface area contributed by atoms with Gasteiger partial charge in [0.2, 0.25) is 10.0 Å². The van der Waals surface area contributed by atoms with Crippen molar-refractivity contribution in [1.82, 2.24) is 9.62 Å². The molecule has 0 aliphatic carbocycles. The Morgan fingerprint density at radius 3 is 2.43 bits per heavy atom. The number of piperidine rings is 1. The van der Waals surface area contributed by atoms with Crippen molar-refractivity contribution in [3.05, 3.63) is 35.4 Å². The largest absolute Gasteiger partial charge is 0.316 e. The number of hydrogen-bond donors (Lipinski definition) is 1. The zero-order chi connectivity index (χ0) is 15.5. The second-order valence-electron chi connectivity index (χ2n) is 6.07. The molecule has 1 fully saturated rings. The molecular formula is C16H26N2O2S. The molecule has 2 atom stereocenters. The molecule has 5 heteroatoms. The Morgan fingerprint density at radius 1 is 1.19 bits per heavy atom. The topological polar surface area (TPSA) is 49.4 Å². The summed E-state index contributed by atoms with van der Waals surface area (Å²) in [4.78, 5) is 0. The van der Waals surface area contributed by atoms with Crippen LogP contribution in [0, 0.1) is 0 Å². The predicted molar refractivity (Wildman–Crippen MR) is 86.4 cm³/mol. The van der Waals surface area contributed by atoms with Gasteiger partial charge in [-0.25, -0.2) is 8.42 Å². The lowest BCUT2D eigenvalue weighted by molar-refractivity contribution is 0.204. The van der Waals surface area contributed by atoms with Crippen molar-refractivity contribution in [3.8, 4) is 0 Å². The number of benzene rings is 1. The van der Waals surface area contributed by atoms with Crippen molar-refractivity contribution in [2.75, 3.05) is 7.05 Å². The molecule has 1 aromatic rings. The average Bonchev–Trinajstić information content (AvgIpc) is 2.38. The molecule has 1 aliphatic heterocycles. The van der Waals surface area contributed by atoms with Crippen LogP contribution in [0.4, 0.5) is 0 Å². The van der Waals surface area contributed by atoms with Crippen LogP contribution >= 0.6 is 0 Å². The van der Waals surface area contributed by atoms with Crippen LogP contribution in [0.1, 0.15) is 44.2 Å². The van der Waals surface area contributed by atoms with Crippen molar-refractivity contribution in [3.63, 3.8) is 0 Å². The number of sulfonamides is 1. The van der Waals surface area contributed by atoms with E-state index < -0.39 is 10.0 Å². The molecule has 0 saturated carbocycles. The molecule has 0 bridgehead atoms. The summed E-state index contributed by atoms with van der Waals surface area (Å²) in [6.07, 6.45) is 3.04. The number of hydrogen-bond acceptors (Lipinski definition) is 3. The van der Waals surface area contributed by atoms with Gasteiger partial charge in [0.1, 0.15) is 0 Å². The molecule has 21 heavy (non-hydrogen) atoms. The van der Waals surface area contributed by atoms with Crippen LogP contribution in [-0.2, 0) is 22.3 Å². The molecule has 0 radical (unpaired) electrons. The molecule has 0 unspecified atom stereocenters. The Labute approximate surface area is 128 Å². The third kappa shape index (κ3) is 4.05. The van der Waals surface area contributed by atoms with E-state index in [2.05, 4.69) is 5.32 Å². The highest BCUT2D eigenvalue weighted by Crippen LogP contribution is 2.27. The predicted octanol–water partition coefficient (Wildman–Crippen LogP) is 2.50. The van der Waals surface area contributed by atoms with E-state index in [1.807, 2.05) is 45.2 Å². The standard InChI is InChI=1S/C16H26N2O2S/c1-13-6-4-7-14(2)18(13)21(19,20)12-16-9-5-8-15(10-16)11-17-3/h5,8-10,13-14,17H,4,6-7,11-12H2,1-3H3/t13-,14+. The minimum atomic E-state index is -3.25. The maximum absolute atomic E-state index is 12.8. The molecule has 2 rings (SSSR count). The third-order valence-electron chi connectivity index (χ3n) is 4.16. The average molecular weight is 310 g/mol. The summed E-state index contributed by atoms with van der Waals surface area (Å²) >= 11 is 0. The van der Waals surface area contributed by atoms with Crippen molar-refractivity contribution in [2.24, 2.45) is 0 Å². The Balaban J connectivity index is 2.18. The molecule has 118 valence electrons. The Morgan fingerprint density at radius 2 is 1.81 bits per heavy atom. The van der Waals surface area contributed by atoms with Crippen molar-refractivity contribution in [2.45, 2.75) is 57.5 Å². The van der Waals surface area contributed by atoms with Gasteiger partial charge in [-0.05, 0) is 44.9 Å². The number of nitrogens with zero attached hydrogens (tertiary/aromatic N) is 1. The van der Waals surface area contributed by atoms with Gasteiger partial charge in [0.25, 0.3) is 0 Å². The van der Waals surface area contributed by atoms with E-state index in [9.17, 15) is 8.42 Å². The highest BCUT2D eigenvalue weighted by molar-refractivity contribution is 7.88. The van der Waals surface area contributed by atoms with Crippen LogP contribution in [-0.4, -0.2) is 31.9 Å².